The predicted octanol–water partition coefficient (Wildman–Crippen LogP) is 11.4. The average molecular weight is 555 g/mol. The van der Waals surface area contributed by atoms with E-state index in [4.69, 9.17) is 4.98 Å². The Morgan fingerprint density at radius 2 is 1.05 bits per heavy atom. The minimum absolute atomic E-state index is 1.08. The highest BCUT2D eigenvalue weighted by Gasteiger charge is 2.19. The number of anilines is 3. The molecule has 0 amide bonds. The van der Waals surface area contributed by atoms with E-state index in [-0.39, 0.29) is 0 Å². The molecule has 0 bridgehead atoms. The molecule has 2 aromatic heterocycles. The minimum Gasteiger partial charge on any atom is -0.308 e. The van der Waals surface area contributed by atoms with Crippen molar-refractivity contribution < 1.29 is 0 Å². The third kappa shape index (κ3) is 4.32. The number of benzene rings is 6. The van der Waals surface area contributed by atoms with Crippen molar-refractivity contribution in [1.29, 1.82) is 0 Å². The van der Waals surface area contributed by atoms with Crippen LogP contribution in [0.25, 0.3) is 53.2 Å². The molecule has 0 N–H and O–H groups in total. The van der Waals surface area contributed by atoms with Gasteiger partial charge in [-0.25, -0.2) is 0 Å². The quantitative estimate of drug-likeness (QED) is 0.210. The summed E-state index contributed by atoms with van der Waals surface area (Å²) in [6.45, 7) is 0. The summed E-state index contributed by atoms with van der Waals surface area (Å²) >= 11 is 1.83. The molecule has 42 heavy (non-hydrogen) atoms. The number of pyridine rings is 1. The van der Waals surface area contributed by atoms with Gasteiger partial charge in [-0.1, -0.05) is 109 Å². The fourth-order valence-electron chi connectivity index (χ4n) is 5.82. The Kier molecular flexibility index (Phi) is 6.02. The third-order valence-corrected chi connectivity index (χ3v) is 9.16. The molecule has 0 fully saturated rings. The number of hydrogen-bond acceptors (Lipinski definition) is 3. The highest BCUT2D eigenvalue weighted by atomic mass is 32.1. The van der Waals surface area contributed by atoms with E-state index in [1.54, 1.807) is 0 Å². The second kappa shape index (κ2) is 10.3. The van der Waals surface area contributed by atoms with Gasteiger partial charge in [-0.15, -0.1) is 11.3 Å². The summed E-state index contributed by atoms with van der Waals surface area (Å²) in [5.74, 6) is 0. The molecule has 0 radical (unpaired) electrons. The SMILES string of the molecule is c1ccc(-c2ccc(N(c3ccc(-c4ccc5ccccc5c4)cc3)c3cncc4c3sc3ccccc34)cc2)cc1. The van der Waals surface area contributed by atoms with Crippen LogP contribution in [0.4, 0.5) is 17.1 Å². The van der Waals surface area contributed by atoms with Gasteiger partial charge in [0.2, 0.25) is 0 Å². The number of aromatic nitrogens is 1. The first kappa shape index (κ1) is 24.5. The molecular formula is C39H26N2S. The summed E-state index contributed by atoms with van der Waals surface area (Å²) in [5.41, 5.74) is 8.10. The summed E-state index contributed by atoms with van der Waals surface area (Å²) in [4.78, 5) is 7.07. The largest absolute Gasteiger partial charge is 0.308 e. The number of fused-ring (bicyclic) bond motifs is 4. The Balaban J connectivity index is 1.26. The first-order valence-corrected chi connectivity index (χ1v) is 14.9. The smallest absolute Gasteiger partial charge is 0.0824 e. The number of rotatable bonds is 5. The van der Waals surface area contributed by atoms with Crippen molar-refractivity contribution in [3.63, 3.8) is 0 Å². The van der Waals surface area contributed by atoms with Gasteiger partial charge in [-0.2, -0.15) is 0 Å². The maximum Gasteiger partial charge on any atom is 0.0824 e. The lowest BCUT2D eigenvalue weighted by molar-refractivity contribution is 1.26. The molecule has 0 aliphatic carbocycles. The zero-order valence-electron chi connectivity index (χ0n) is 22.8. The van der Waals surface area contributed by atoms with Crippen LogP contribution in [-0.4, -0.2) is 4.98 Å². The Hall–Kier alpha value is -5.25. The highest BCUT2D eigenvalue weighted by molar-refractivity contribution is 7.26. The molecule has 2 nitrogen and oxygen atoms in total. The molecule has 2 heterocycles. The zero-order chi connectivity index (χ0) is 27.9. The first-order chi connectivity index (χ1) is 20.8. The van der Waals surface area contributed by atoms with E-state index in [9.17, 15) is 0 Å². The van der Waals surface area contributed by atoms with Crippen molar-refractivity contribution in [2.75, 3.05) is 4.90 Å². The van der Waals surface area contributed by atoms with E-state index < -0.39 is 0 Å². The van der Waals surface area contributed by atoms with Crippen LogP contribution in [0.15, 0.2) is 158 Å². The molecule has 6 aromatic carbocycles. The highest BCUT2D eigenvalue weighted by Crippen LogP contribution is 2.44. The van der Waals surface area contributed by atoms with Gasteiger partial charge in [0, 0.05) is 33.0 Å². The minimum atomic E-state index is 1.08. The fraction of sp³-hybridized carbons (Fsp3) is 0. The van der Waals surface area contributed by atoms with E-state index in [2.05, 4.69) is 150 Å². The molecule has 8 aromatic rings. The van der Waals surface area contributed by atoms with Gasteiger partial charge in [0.15, 0.2) is 0 Å². The zero-order valence-corrected chi connectivity index (χ0v) is 23.6. The van der Waals surface area contributed by atoms with Gasteiger partial charge in [0.05, 0.1) is 16.6 Å². The molecular weight excluding hydrogens is 529 g/mol. The molecule has 0 unspecified atom stereocenters. The normalized spacial score (nSPS) is 11.3. The van der Waals surface area contributed by atoms with Crippen LogP contribution >= 0.6 is 11.3 Å². The number of nitrogens with zero attached hydrogens (tertiary/aromatic N) is 2. The summed E-state index contributed by atoms with van der Waals surface area (Å²) in [7, 11) is 0. The van der Waals surface area contributed by atoms with Crippen LogP contribution in [0.5, 0.6) is 0 Å². The van der Waals surface area contributed by atoms with Crippen molar-refractivity contribution in [3.8, 4) is 22.3 Å². The van der Waals surface area contributed by atoms with Gasteiger partial charge in [-0.05, 0) is 69.4 Å². The van der Waals surface area contributed by atoms with Crippen LogP contribution in [0.2, 0.25) is 0 Å². The number of thiophene rings is 1. The van der Waals surface area contributed by atoms with Gasteiger partial charge in [-0.3, -0.25) is 4.98 Å². The molecule has 0 spiro atoms. The summed E-state index contributed by atoms with van der Waals surface area (Å²) in [6.07, 6.45) is 4.00. The maximum absolute atomic E-state index is 4.73. The Labute approximate surface area is 248 Å². The molecule has 0 saturated carbocycles. The Bertz CT molecular complexity index is 2180. The Morgan fingerprint density at radius 3 is 1.81 bits per heavy atom. The topological polar surface area (TPSA) is 16.1 Å². The monoisotopic (exact) mass is 554 g/mol. The predicted molar refractivity (Wildman–Crippen MR) is 180 cm³/mol. The van der Waals surface area contributed by atoms with Gasteiger partial charge in [0.1, 0.15) is 0 Å². The molecule has 198 valence electrons. The lowest BCUT2D eigenvalue weighted by Crippen LogP contribution is -2.10. The summed E-state index contributed by atoms with van der Waals surface area (Å²) < 4.78 is 2.50. The second-order valence-electron chi connectivity index (χ2n) is 10.5. The van der Waals surface area contributed by atoms with Crippen LogP contribution in [0.1, 0.15) is 0 Å². The molecule has 0 saturated heterocycles. The van der Waals surface area contributed by atoms with Crippen molar-refractivity contribution in [2.45, 2.75) is 0 Å². The molecule has 0 atom stereocenters. The van der Waals surface area contributed by atoms with E-state index >= 15 is 0 Å². The molecule has 0 aliphatic heterocycles. The first-order valence-electron chi connectivity index (χ1n) is 14.1. The van der Waals surface area contributed by atoms with Gasteiger partial charge < -0.3 is 4.90 Å². The third-order valence-electron chi connectivity index (χ3n) is 7.95. The van der Waals surface area contributed by atoms with Crippen molar-refractivity contribution in [1.82, 2.24) is 4.98 Å². The van der Waals surface area contributed by atoms with Crippen molar-refractivity contribution in [2.24, 2.45) is 0 Å². The summed E-state index contributed by atoms with van der Waals surface area (Å²) in [6, 6.07) is 52.1. The van der Waals surface area contributed by atoms with Crippen molar-refractivity contribution >= 4 is 59.3 Å². The van der Waals surface area contributed by atoms with E-state index in [0.29, 0.717) is 0 Å². The van der Waals surface area contributed by atoms with Crippen LogP contribution in [0.3, 0.4) is 0 Å². The van der Waals surface area contributed by atoms with Crippen molar-refractivity contribution in [3.05, 3.63) is 158 Å². The fourth-order valence-corrected chi connectivity index (χ4v) is 6.99. The van der Waals surface area contributed by atoms with Crippen LogP contribution in [-0.2, 0) is 0 Å². The molecule has 0 aliphatic rings. The molecule has 8 rings (SSSR count). The van der Waals surface area contributed by atoms with E-state index in [1.165, 1.54) is 53.2 Å². The lowest BCUT2D eigenvalue weighted by Gasteiger charge is -2.26. The maximum atomic E-state index is 4.73. The second-order valence-corrected chi connectivity index (χ2v) is 11.5. The van der Waals surface area contributed by atoms with Gasteiger partial charge in [0.25, 0.3) is 0 Å². The van der Waals surface area contributed by atoms with Crippen LogP contribution in [0, 0.1) is 0 Å². The lowest BCUT2D eigenvalue weighted by atomic mass is 10.0. The van der Waals surface area contributed by atoms with Crippen LogP contribution < -0.4 is 4.90 Å². The molecule has 3 heteroatoms. The number of hydrogen-bond donors (Lipinski definition) is 0. The van der Waals surface area contributed by atoms with E-state index in [0.717, 1.165) is 17.1 Å². The summed E-state index contributed by atoms with van der Waals surface area (Å²) in [5, 5.41) is 4.94. The Morgan fingerprint density at radius 1 is 0.452 bits per heavy atom. The average Bonchev–Trinajstić information content (AvgIpc) is 3.45. The van der Waals surface area contributed by atoms with Gasteiger partial charge >= 0.3 is 0 Å². The van der Waals surface area contributed by atoms with E-state index in [1.807, 2.05) is 23.7 Å². The standard InChI is InChI=1S/C39H26N2S/c1-2-8-27(9-3-1)29-16-20-33(21-17-29)41(37-26-40-25-36-35-12-6-7-13-38(35)42-39(36)37)34-22-18-30(19-23-34)32-15-14-28-10-4-5-11-31(28)24-32/h1-26H.